The number of nitrogens with two attached hydrogens (primary N) is 1. The van der Waals surface area contributed by atoms with Gasteiger partial charge in [0.2, 0.25) is 11.8 Å². The molecule has 1 amide bonds. The van der Waals surface area contributed by atoms with E-state index in [1.54, 1.807) is 10.9 Å². The fraction of sp³-hybridized carbons (Fsp3) is 0.556. The zero-order chi connectivity index (χ0) is 11.0. The molecule has 1 aromatic rings. The summed E-state index contributed by atoms with van der Waals surface area (Å²) in [5.74, 6) is 0.336. The Hall–Kier alpha value is -1.56. The highest BCUT2D eigenvalue weighted by atomic mass is 16.5. The monoisotopic (exact) mass is 210 g/mol. The van der Waals surface area contributed by atoms with E-state index in [0.29, 0.717) is 11.6 Å². The quantitative estimate of drug-likeness (QED) is 0.689. The van der Waals surface area contributed by atoms with Crippen LogP contribution < -0.4 is 15.8 Å². The molecule has 6 heteroatoms. The Bertz CT molecular complexity index is 385. The van der Waals surface area contributed by atoms with Gasteiger partial charge in [-0.1, -0.05) is 0 Å². The number of nitrogens with one attached hydrogen (secondary N) is 1. The van der Waals surface area contributed by atoms with E-state index in [9.17, 15) is 4.79 Å². The van der Waals surface area contributed by atoms with E-state index in [2.05, 4.69) is 10.4 Å². The first kappa shape index (κ1) is 9.97. The van der Waals surface area contributed by atoms with Crippen LogP contribution in [0.3, 0.4) is 0 Å². The summed E-state index contributed by atoms with van der Waals surface area (Å²) in [6.45, 7) is 4.16. The third-order valence-corrected chi connectivity index (χ3v) is 2.23. The smallest absolute Gasteiger partial charge is 0.245 e. The van der Waals surface area contributed by atoms with Crippen LogP contribution in [0.4, 0.5) is 5.69 Å². The van der Waals surface area contributed by atoms with Crippen molar-refractivity contribution in [2.45, 2.75) is 25.9 Å². The molecule has 0 aliphatic carbocycles. The molecule has 0 radical (unpaired) electrons. The number of nitrogens with zero attached hydrogens (tertiary/aromatic N) is 2. The van der Waals surface area contributed by atoms with E-state index >= 15 is 0 Å². The molecule has 3 N–H and O–H groups in total. The summed E-state index contributed by atoms with van der Waals surface area (Å²) >= 11 is 0. The van der Waals surface area contributed by atoms with Gasteiger partial charge in [-0.2, -0.15) is 5.10 Å². The highest BCUT2D eigenvalue weighted by Gasteiger charge is 2.25. The second-order valence-electron chi connectivity index (χ2n) is 3.81. The van der Waals surface area contributed by atoms with Crippen molar-refractivity contribution in [1.29, 1.82) is 0 Å². The van der Waals surface area contributed by atoms with Crippen LogP contribution in [-0.2, 0) is 4.79 Å². The summed E-state index contributed by atoms with van der Waals surface area (Å²) in [5, 5.41) is 6.81. The number of carbonyl (C=O) groups is 1. The van der Waals surface area contributed by atoms with Crippen molar-refractivity contribution < 1.29 is 9.53 Å². The van der Waals surface area contributed by atoms with Gasteiger partial charge in [-0.3, -0.25) is 4.79 Å². The summed E-state index contributed by atoms with van der Waals surface area (Å²) in [7, 11) is 0. The Morgan fingerprint density at radius 3 is 3.13 bits per heavy atom. The number of aromatic nitrogens is 2. The molecule has 1 aromatic heterocycles. The molecule has 0 fully saturated rings. The van der Waals surface area contributed by atoms with Crippen LogP contribution in [0.1, 0.15) is 19.9 Å². The molecule has 0 saturated carbocycles. The Morgan fingerprint density at radius 2 is 2.47 bits per heavy atom. The first-order valence-corrected chi connectivity index (χ1v) is 4.86. The molecule has 0 saturated heterocycles. The number of fused-ring (bicyclic) bond motifs is 1. The molecule has 6 nitrogen and oxygen atoms in total. The van der Waals surface area contributed by atoms with Crippen LogP contribution in [0, 0.1) is 0 Å². The maximum absolute atomic E-state index is 11.4. The fourth-order valence-electron chi connectivity index (χ4n) is 1.42. The Kier molecular flexibility index (Phi) is 2.36. The molecule has 1 aliphatic heterocycles. The summed E-state index contributed by atoms with van der Waals surface area (Å²) in [6.07, 6.45) is 1.57. The number of anilines is 1. The first-order chi connectivity index (χ1) is 7.09. The number of amides is 1. The van der Waals surface area contributed by atoms with Crippen molar-refractivity contribution in [1.82, 2.24) is 9.78 Å². The summed E-state index contributed by atoms with van der Waals surface area (Å²) in [4.78, 5) is 11.4. The van der Waals surface area contributed by atoms with Crippen molar-refractivity contribution in [3.63, 3.8) is 0 Å². The molecule has 1 atom stereocenters. The highest BCUT2D eigenvalue weighted by Crippen LogP contribution is 2.28. The van der Waals surface area contributed by atoms with E-state index in [-0.39, 0.29) is 18.6 Å². The Labute approximate surface area is 87.4 Å². The van der Waals surface area contributed by atoms with E-state index in [1.165, 1.54) is 0 Å². The standard InChI is InChI=1S/C9H14N4O2/c1-5(2)13-9-7(3-11-13)12-8(14)6(10)4-15-9/h3,5-6H,4,10H2,1-2H3,(H,12,14)/t6-/m0/s1. The van der Waals surface area contributed by atoms with Crippen molar-refractivity contribution in [3.05, 3.63) is 6.20 Å². The second-order valence-corrected chi connectivity index (χ2v) is 3.81. The van der Waals surface area contributed by atoms with Crippen molar-refractivity contribution in [2.24, 2.45) is 5.73 Å². The lowest BCUT2D eigenvalue weighted by Gasteiger charge is -2.11. The lowest BCUT2D eigenvalue weighted by molar-refractivity contribution is -0.117. The van der Waals surface area contributed by atoms with Crippen molar-refractivity contribution in [3.8, 4) is 5.88 Å². The minimum Gasteiger partial charge on any atom is -0.474 e. The van der Waals surface area contributed by atoms with E-state index in [4.69, 9.17) is 10.5 Å². The summed E-state index contributed by atoms with van der Waals surface area (Å²) in [5.41, 5.74) is 6.16. The van der Waals surface area contributed by atoms with Gasteiger partial charge in [0.15, 0.2) is 0 Å². The zero-order valence-electron chi connectivity index (χ0n) is 8.73. The molecular formula is C9H14N4O2. The van der Waals surface area contributed by atoms with Gasteiger partial charge in [0.25, 0.3) is 0 Å². The first-order valence-electron chi connectivity index (χ1n) is 4.86. The number of ether oxygens (including phenoxy) is 1. The number of carbonyl (C=O) groups excluding carboxylic acids is 1. The van der Waals surface area contributed by atoms with Gasteiger partial charge in [-0.25, -0.2) is 4.68 Å². The van der Waals surface area contributed by atoms with Crippen molar-refractivity contribution >= 4 is 11.6 Å². The van der Waals surface area contributed by atoms with Gasteiger partial charge >= 0.3 is 0 Å². The fourth-order valence-corrected chi connectivity index (χ4v) is 1.42. The molecule has 0 unspecified atom stereocenters. The molecule has 82 valence electrons. The maximum atomic E-state index is 11.4. The molecule has 0 aromatic carbocycles. The predicted octanol–water partition coefficient (Wildman–Crippen LogP) is 0.122. The summed E-state index contributed by atoms with van der Waals surface area (Å²) in [6, 6.07) is -0.446. The SMILES string of the molecule is CC(C)n1ncc2c1OC[C@H](N)C(=O)N2. The van der Waals surface area contributed by atoms with Gasteiger partial charge in [0.1, 0.15) is 18.3 Å². The average molecular weight is 210 g/mol. The topological polar surface area (TPSA) is 82.2 Å². The number of rotatable bonds is 1. The maximum Gasteiger partial charge on any atom is 0.245 e. The van der Waals surface area contributed by atoms with E-state index in [1.807, 2.05) is 13.8 Å². The minimum atomic E-state index is -0.627. The predicted molar refractivity (Wildman–Crippen MR) is 54.7 cm³/mol. The highest BCUT2D eigenvalue weighted by molar-refractivity contribution is 5.96. The molecular weight excluding hydrogens is 196 g/mol. The van der Waals surface area contributed by atoms with Gasteiger partial charge in [-0.15, -0.1) is 0 Å². The largest absolute Gasteiger partial charge is 0.474 e. The van der Waals surface area contributed by atoms with Gasteiger partial charge in [-0.05, 0) is 13.8 Å². The third kappa shape index (κ3) is 1.68. The van der Waals surface area contributed by atoms with E-state index in [0.717, 1.165) is 0 Å². The molecule has 1 aliphatic rings. The van der Waals surface area contributed by atoms with Crippen LogP contribution in [0.25, 0.3) is 0 Å². The van der Waals surface area contributed by atoms with Crippen LogP contribution >= 0.6 is 0 Å². The molecule has 2 heterocycles. The van der Waals surface area contributed by atoms with E-state index < -0.39 is 6.04 Å². The molecule has 2 rings (SSSR count). The van der Waals surface area contributed by atoms with Gasteiger partial charge < -0.3 is 15.8 Å². The third-order valence-electron chi connectivity index (χ3n) is 2.23. The lowest BCUT2D eigenvalue weighted by Crippen LogP contribution is -2.38. The van der Waals surface area contributed by atoms with Crippen LogP contribution in [0.15, 0.2) is 6.20 Å². The Morgan fingerprint density at radius 1 is 1.73 bits per heavy atom. The second kappa shape index (κ2) is 3.54. The average Bonchev–Trinajstić information content (AvgIpc) is 2.51. The Balaban J connectivity index is 2.36. The number of hydrogen-bond acceptors (Lipinski definition) is 4. The van der Waals surface area contributed by atoms with Crippen molar-refractivity contribution in [2.75, 3.05) is 11.9 Å². The zero-order valence-corrected chi connectivity index (χ0v) is 8.73. The molecule has 15 heavy (non-hydrogen) atoms. The van der Waals surface area contributed by atoms with Crippen LogP contribution in [-0.4, -0.2) is 28.3 Å². The van der Waals surface area contributed by atoms with Gasteiger partial charge in [0, 0.05) is 0 Å². The lowest BCUT2D eigenvalue weighted by atomic mass is 10.3. The number of hydrogen-bond donors (Lipinski definition) is 2. The summed E-state index contributed by atoms with van der Waals surface area (Å²) < 4.78 is 7.17. The normalized spacial score (nSPS) is 20.5. The van der Waals surface area contributed by atoms with Gasteiger partial charge in [0.05, 0.1) is 12.2 Å². The minimum absolute atomic E-state index is 0.178. The van der Waals surface area contributed by atoms with Crippen LogP contribution in [0.2, 0.25) is 0 Å². The molecule has 0 bridgehead atoms. The van der Waals surface area contributed by atoms with Crippen LogP contribution in [0.5, 0.6) is 5.88 Å². The molecule has 0 spiro atoms.